The largest absolute Gasteiger partial charge is 0.0954 e. The van der Waals surface area contributed by atoms with Crippen molar-refractivity contribution >= 4 is 33.1 Å². The fraction of sp³-hybridized carbons (Fsp3) is 0.200. The second-order valence-electron chi connectivity index (χ2n) is 2.88. The molecule has 0 spiro atoms. The second-order valence-corrected chi connectivity index (χ2v) is 4.15. The Bertz CT molecular complexity index is 306. The lowest BCUT2D eigenvalue weighted by Crippen LogP contribution is -1.84. The van der Waals surface area contributed by atoms with Crippen LogP contribution < -0.4 is 0 Å². The van der Waals surface area contributed by atoms with Gasteiger partial charge in [0.2, 0.25) is 0 Å². The highest BCUT2D eigenvalue weighted by Gasteiger charge is 2.06. The van der Waals surface area contributed by atoms with Crippen molar-refractivity contribution in [3.05, 3.63) is 39.3 Å². The molecular formula is C10H10BrCl. The van der Waals surface area contributed by atoms with Crippen molar-refractivity contribution in [2.75, 3.05) is 0 Å². The van der Waals surface area contributed by atoms with Gasteiger partial charge in [0.1, 0.15) is 0 Å². The summed E-state index contributed by atoms with van der Waals surface area (Å²) in [5.41, 5.74) is 3.13. The lowest BCUT2D eigenvalue weighted by atomic mass is 10.1. The number of hydrogen-bond acceptors (Lipinski definition) is 0. The number of benzene rings is 1. The van der Waals surface area contributed by atoms with Crippen molar-refractivity contribution in [1.29, 1.82) is 0 Å². The van der Waals surface area contributed by atoms with Crippen LogP contribution in [0.25, 0.3) is 5.57 Å². The first-order valence-corrected chi connectivity index (χ1v) is 4.81. The van der Waals surface area contributed by atoms with E-state index in [2.05, 4.69) is 22.5 Å². The van der Waals surface area contributed by atoms with Crippen LogP contribution in [0.15, 0.2) is 23.2 Å². The Hall–Kier alpha value is -0.270. The average Bonchev–Trinajstić information content (AvgIpc) is 1.82. The second kappa shape index (κ2) is 3.63. The maximum Gasteiger partial charge on any atom is 0.0494 e. The first-order chi connectivity index (χ1) is 5.52. The Balaban J connectivity index is 3.38. The van der Waals surface area contributed by atoms with E-state index in [0.717, 1.165) is 26.2 Å². The number of halogens is 2. The highest BCUT2D eigenvalue weighted by atomic mass is 79.9. The van der Waals surface area contributed by atoms with Crippen molar-refractivity contribution < 1.29 is 0 Å². The highest BCUT2D eigenvalue weighted by Crippen LogP contribution is 2.31. The summed E-state index contributed by atoms with van der Waals surface area (Å²) in [6.07, 6.45) is 0. The van der Waals surface area contributed by atoms with Gasteiger partial charge in [-0.15, -0.1) is 0 Å². The molecule has 0 unspecified atom stereocenters. The van der Waals surface area contributed by atoms with Gasteiger partial charge in [-0.1, -0.05) is 34.1 Å². The molecule has 64 valence electrons. The van der Waals surface area contributed by atoms with E-state index in [1.807, 2.05) is 26.0 Å². The summed E-state index contributed by atoms with van der Waals surface area (Å²) in [6.45, 7) is 7.82. The zero-order chi connectivity index (χ0) is 9.30. The molecule has 12 heavy (non-hydrogen) atoms. The van der Waals surface area contributed by atoms with Gasteiger partial charge in [-0.05, 0) is 37.1 Å². The van der Waals surface area contributed by atoms with Crippen molar-refractivity contribution in [3.63, 3.8) is 0 Å². The quantitative estimate of drug-likeness (QED) is 0.686. The Morgan fingerprint density at radius 1 is 1.50 bits per heavy atom. The van der Waals surface area contributed by atoms with Crippen LogP contribution in [-0.4, -0.2) is 0 Å². The highest BCUT2D eigenvalue weighted by molar-refractivity contribution is 9.10. The van der Waals surface area contributed by atoms with Gasteiger partial charge in [0, 0.05) is 15.1 Å². The molecule has 0 saturated carbocycles. The minimum atomic E-state index is 0.759. The maximum absolute atomic E-state index is 6.04. The minimum absolute atomic E-state index is 0.759. The predicted octanol–water partition coefficient (Wildman–Crippen LogP) is 4.44. The van der Waals surface area contributed by atoms with E-state index in [4.69, 9.17) is 11.6 Å². The summed E-state index contributed by atoms with van der Waals surface area (Å²) in [4.78, 5) is 0. The molecule has 0 radical (unpaired) electrons. The van der Waals surface area contributed by atoms with Crippen molar-refractivity contribution in [1.82, 2.24) is 0 Å². The van der Waals surface area contributed by atoms with Crippen molar-refractivity contribution in [2.45, 2.75) is 13.8 Å². The van der Waals surface area contributed by atoms with Crippen molar-refractivity contribution in [3.8, 4) is 0 Å². The molecule has 0 bridgehead atoms. The summed E-state index contributed by atoms with van der Waals surface area (Å²) >= 11 is 9.49. The number of aryl methyl sites for hydroxylation is 1. The smallest absolute Gasteiger partial charge is 0.0494 e. The van der Waals surface area contributed by atoms with Gasteiger partial charge >= 0.3 is 0 Å². The maximum atomic E-state index is 6.04. The van der Waals surface area contributed by atoms with E-state index in [9.17, 15) is 0 Å². The van der Waals surface area contributed by atoms with Crippen LogP contribution in [-0.2, 0) is 0 Å². The van der Waals surface area contributed by atoms with Crippen LogP contribution in [0, 0.1) is 6.92 Å². The molecule has 2 heteroatoms. The van der Waals surface area contributed by atoms with E-state index in [-0.39, 0.29) is 0 Å². The van der Waals surface area contributed by atoms with Crippen LogP contribution in [0.2, 0.25) is 5.02 Å². The van der Waals surface area contributed by atoms with Gasteiger partial charge in [0.05, 0.1) is 0 Å². The normalized spacial score (nSPS) is 10.0. The molecule has 0 nitrogen and oxygen atoms in total. The molecule has 0 aliphatic rings. The SMILES string of the molecule is C=C(C)c1c(Cl)cc(C)cc1Br. The number of allylic oxidation sites excluding steroid dienone is 1. The lowest BCUT2D eigenvalue weighted by Gasteiger charge is -2.07. The Kier molecular flexibility index (Phi) is 2.97. The van der Waals surface area contributed by atoms with E-state index < -0.39 is 0 Å². The summed E-state index contributed by atoms with van der Waals surface area (Å²) < 4.78 is 1.01. The molecule has 0 fully saturated rings. The van der Waals surface area contributed by atoms with Gasteiger partial charge in [0.15, 0.2) is 0 Å². The summed E-state index contributed by atoms with van der Waals surface area (Å²) in [6, 6.07) is 3.98. The zero-order valence-corrected chi connectivity index (χ0v) is 9.46. The van der Waals surface area contributed by atoms with Crippen molar-refractivity contribution in [2.24, 2.45) is 0 Å². The minimum Gasteiger partial charge on any atom is -0.0954 e. The lowest BCUT2D eigenvalue weighted by molar-refractivity contribution is 1.42. The van der Waals surface area contributed by atoms with E-state index in [1.165, 1.54) is 0 Å². The first-order valence-electron chi connectivity index (χ1n) is 3.64. The third-order valence-electron chi connectivity index (χ3n) is 1.61. The Morgan fingerprint density at radius 3 is 2.50 bits per heavy atom. The molecule has 1 aromatic carbocycles. The molecule has 0 atom stereocenters. The molecule has 1 rings (SSSR count). The average molecular weight is 246 g/mol. The van der Waals surface area contributed by atoms with E-state index in [0.29, 0.717) is 0 Å². The molecule has 0 heterocycles. The fourth-order valence-electron chi connectivity index (χ4n) is 1.11. The molecule has 0 N–H and O–H groups in total. The molecule has 0 amide bonds. The van der Waals surface area contributed by atoms with Gasteiger partial charge in [-0.25, -0.2) is 0 Å². The van der Waals surface area contributed by atoms with E-state index in [1.54, 1.807) is 0 Å². The molecular weight excluding hydrogens is 235 g/mol. The standard InChI is InChI=1S/C10H10BrCl/c1-6(2)10-8(11)4-7(3)5-9(10)12/h4-5H,1H2,2-3H3. The fourth-order valence-corrected chi connectivity index (χ4v) is 2.57. The molecule has 1 aromatic rings. The summed E-state index contributed by atoms with van der Waals surface area (Å²) in [5.74, 6) is 0. The van der Waals surface area contributed by atoms with Gasteiger partial charge in [-0.2, -0.15) is 0 Å². The van der Waals surface area contributed by atoms with Gasteiger partial charge in [-0.3, -0.25) is 0 Å². The topological polar surface area (TPSA) is 0 Å². The van der Waals surface area contributed by atoms with Crippen LogP contribution in [0.4, 0.5) is 0 Å². The number of hydrogen-bond donors (Lipinski definition) is 0. The van der Waals surface area contributed by atoms with E-state index >= 15 is 0 Å². The molecule has 0 aliphatic carbocycles. The Morgan fingerprint density at radius 2 is 2.08 bits per heavy atom. The zero-order valence-electron chi connectivity index (χ0n) is 7.12. The third kappa shape index (κ3) is 1.90. The number of rotatable bonds is 1. The first kappa shape index (κ1) is 9.82. The molecule has 0 aromatic heterocycles. The monoisotopic (exact) mass is 244 g/mol. The molecule has 0 aliphatic heterocycles. The van der Waals surface area contributed by atoms with Crippen LogP contribution in [0.1, 0.15) is 18.1 Å². The summed E-state index contributed by atoms with van der Waals surface area (Å²) in [7, 11) is 0. The molecule has 0 saturated heterocycles. The Labute approximate surface area is 86.4 Å². The van der Waals surface area contributed by atoms with Crippen LogP contribution in [0.3, 0.4) is 0 Å². The van der Waals surface area contributed by atoms with Gasteiger partial charge in [0.25, 0.3) is 0 Å². The van der Waals surface area contributed by atoms with Crippen LogP contribution >= 0.6 is 27.5 Å². The third-order valence-corrected chi connectivity index (χ3v) is 2.54. The van der Waals surface area contributed by atoms with Crippen LogP contribution in [0.5, 0.6) is 0 Å². The van der Waals surface area contributed by atoms with Gasteiger partial charge < -0.3 is 0 Å². The summed E-state index contributed by atoms with van der Waals surface area (Å²) in [5, 5.41) is 0.759. The predicted molar refractivity (Wildman–Crippen MR) is 58.6 cm³/mol.